The molecule has 2 aliphatic rings. The second-order valence-corrected chi connectivity index (χ2v) is 9.66. The van der Waals surface area contributed by atoms with Crippen LogP contribution in [0.15, 0.2) is 18.2 Å². The van der Waals surface area contributed by atoms with Crippen molar-refractivity contribution in [3.05, 3.63) is 23.8 Å². The molecule has 1 aromatic rings. The molecular weight excluding hydrogens is 386 g/mol. The Balaban J connectivity index is 1.69. The van der Waals surface area contributed by atoms with E-state index in [0.717, 1.165) is 38.2 Å². The first-order valence-electron chi connectivity index (χ1n) is 9.47. The number of phenolic OH excluding ortho intramolecular Hbond substituents is 2. The number of phenols is 2. The van der Waals surface area contributed by atoms with Gasteiger partial charge in [0.1, 0.15) is 17.1 Å². The smallest absolute Gasteiger partial charge is 0.342 e. The van der Waals surface area contributed by atoms with Gasteiger partial charge in [-0.2, -0.15) is 0 Å². The molecule has 1 heterocycles. The third kappa shape index (κ3) is 4.76. The Morgan fingerprint density at radius 3 is 2.39 bits per heavy atom. The summed E-state index contributed by atoms with van der Waals surface area (Å²) in [6.07, 6.45) is 5.09. The van der Waals surface area contributed by atoms with E-state index < -0.39 is 34.1 Å². The van der Waals surface area contributed by atoms with Gasteiger partial charge < -0.3 is 19.8 Å². The molecule has 1 amide bonds. The number of nitrogens with zero attached hydrogens (tertiary/aromatic N) is 1. The van der Waals surface area contributed by atoms with Crippen molar-refractivity contribution in [2.75, 3.05) is 18.1 Å². The average Bonchev–Trinajstić information content (AvgIpc) is 3.00. The van der Waals surface area contributed by atoms with Gasteiger partial charge in [0.25, 0.3) is 5.91 Å². The Hall–Kier alpha value is -2.29. The van der Waals surface area contributed by atoms with Gasteiger partial charge in [-0.15, -0.1) is 0 Å². The van der Waals surface area contributed by atoms with Crippen LogP contribution in [0, 0.1) is 0 Å². The number of aromatic hydroxyl groups is 2. The maximum atomic E-state index is 12.9. The molecule has 8 nitrogen and oxygen atoms in total. The highest BCUT2D eigenvalue weighted by Gasteiger charge is 2.38. The fourth-order valence-corrected chi connectivity index (χ4v) is 5.74. The van der Waals surface area contributed by atoms with Crippen molar-refractivity contribution in [3.8, 4) is 11.5 Å². The Kier molecular flexibility index (Phi) is 6.12. The van der Waals surface area contributed by atoms with Crippen LogP contribution >= 0.6 is 0 Å². The number of carbonyl (C=O) groups excluding carboxylic acids is 2. The predicted molar refractivity (Wildman–Crippen MR) is 101 cm³/mol. The molecule has 28 heavy (non-hydrogen) atoms. The molecule has 1 aliphatic heterocycles. The topological polar surface area (TPSA) is 121 Å². The number of hydrogen-bond acceptors (Lipinski definition) is 7. The van der Waals surface area contributed by atoms with Gasteiger partial charge in [-0.25, -0.2) is 13.2 Å². The van der Waals surface area contributed by atoms with Crippen LogP contribution < -0.4 is 0 Å². The number of hydrogen-bond donors (Lipinski definition) is 2. The summed E-state index contributed by atoms with van der Waals surface area (Å²) in [5, 5.41) is 19.0. The third-order valence-corrected chi connectivity index (χ3v) is 7.14. The maximum Gasteiger partial charge on any atom is 0.342 e. The molecule has 0 unspecified atom stereocenters. The van der Waals surface area contributed by atoms with E-state index in [9.17, 15) is 28.2 Å². The minimum atomic E-state index is -3.16. The van der Waals surface area contributed by atoms with E-state index >= 15 is 0 Å². The predicted octanol–water partition coefficient (Wildman–Crippen LogP) is 1.60. The molecule has 0 aromatic heterocycles. The molecule has 1 saturated carbocycles. The zero-order chi connectivity index (χ0) is 20.3. The van der Waals surface area contributed by atoms with Crippen LogP contribution in [0.5, 0.6) is 11.5 Å². The molecule has 1 aromatic carbocycles. The Morgan fingerprint density at radius 2 is 1.79 bits per heavy atom. The standard InChI is InChI=1S/C19H25NO7S/c21-15-6-7-16(17(22)10-15)19(24)27-11-18(23)20(13-4-2-1-3-5-13)14-8-9-28(25,26)12-14/h6-7,10,13-14,21-22H,1-5,8-9,11-12H2/t14-/m0/s1. The normalized spacial score (nSPS) is 21.9. The minimum Gasteiger partial charge on any atom is -0.508 e. The van der Waals surface area contributed by atoms with Crippen molar-refractivity contribution < 1.29 is 33.0 Å². The van der Waals surface area contributed by atoms with E-state index in [1.807, 2.05) is 0 Å². The second-order valence-electron chi connectivity index (χ2n) is 7.43. The van der Waals surface area contributed by atoms with Gasteiger partial charge in [-0.1, -0.05) is 19.3 Å². The SMILES string of the molecule is O=C(OCC(=O)N(C1CCCCC1)[C@H]1CCS(=O)(=O)C1)c1ccc(O)cc1O. The van der Waals surface area contributed by atoms with Gasteiger partial charge in [-0.3, -0.25) is 4.79 Å². The highest BCUT2D eigenvalue weighted by molar-refractivity contribution is 7.91. The first-order valence-corrected chi connectivity index (χ1v) is 11.3. The lowest BCUT2D eigenvalue weighted by atomic mass is 9.93. The number of amides is 1. The van der Waals surface area contributed by atoms with E-state index in [2.05, 4.69) is 0 Å². The maximum absolute atomic E-state index is 12.9. The molecule has 154 valence electrons. The lowest BCUT2D eigenvalue weighted by molar-refractivity contribution is -0.140. The fraction of sp³-hybridized carbons (Fsp3) is 0.579. The number of benzene rings is 1. The van der Waals surface area contributed by atoms with Crippen LogP contribution in [0.2, 0.25) is 0 Å². The van der Waals surface area contributed by atoms with Gasteiger partial charge >= 0.3 is 5.97 Å². The quantitative estimate of drug-likeness (QED) is 0.706. The minimum absolute atomic E-state index is 0.0414. The third-order valence-electron chi connectivity index (χ3n) is 5.39. The summed E-state index contributed by atoms with van der Waals surface area (Å²) in [6.45, 7) is -0.522. The molecular formula is C19H25NO7S. The molecule has 0 radical (unpaired) electrons. The number of esters is 1. The zero-order valence-electron chi connectivity index (χ0n) is 15.5. The van der Waals surface area contributed by atoms with E-state index in [-0.39, 0.29) is 34.9 Å². The molecule has 0 bridgehead atoms. The lowest BCUT2D eigenvalue weighted by Crippen LogP contribution is -2.50. The van der Waals surface area contributed by atoms with Gasteiger partial charge in [0.2, 0.25) is 0 Å². The van der Waals surface area contributed by atoms with Crippen LogP contribution in [-0.2, 0) is 19.4 Å². The van der Waals surface area contributed by atoms with Crippen LogP contribution in [0.1, 0.15) is 48.9 Å². The first kappa shape index (κ1) is 20.4. The molecule has 3 rings (SSSR count). The summed E-state index contributed by atoms with van der Waals surface area (Å²) < 4.78 is 28.9. The van der Waals surface area contributed by atoms with Gasteiger partial charge in [0.15, 0.2) is 16.4 Å². The van der Waals surface area contributed by atoms with E-state index in [0.29, 0.717) is 6.42 Å². The molecule has 2 fully saturated rings. The fourth-order valence-electron chi connectivity index (χ4n) is 4.03. The number of ether oxygens (including phenoxy) is 1. The van der Waals surface area contributed by atoms with Gasteiger partial charge in [0, 0.05) is 18.2 Å². The van der Waals surface area contributed by atoms with Gasteiger partial charge in [-0.05, 0) is 31.4 Å². The highest BCUT2D eigenvalue weighted by Crippen LogP contribution is 2.29. The average molecular weight is 411 g/mol. The Morgan fingerprint density at radius 1 is 1.07 bits per heavy atom. The Bertz CT molecular complexity index is 846. The number of sulfone groups is 1. The van der Waals surface area contributed by atoms with Crippen LogP contribution in [0.3, 0.4) is 0 Å². The number of rotatable bonds is 5. The van der Waals surface area contributed by atoms with E-state index in [4.69, 9.17) is 4.74 Å². The lowest BCUT2D eigenvalue weighted by Gasteiger charge is -2.38. The van der Waals surface area contributed by atoms with Crippen LogP contribution in [0.4, 0.5) is 0 Å². The highest BCUT2D eigenvalue weighted by atomic mass is 32.2. The van der Waals surface area contributed by atoms with Crippen molar-refractivity contribution in [1.82, 2.24) is 4.90 Å². The largest absolute Gasteiger partial charge is 0.508 e. The van der Waals surface area contributed by atoms with Crippen LogP contribution in [0.25, 0.3) is 0 Å². The van der Waals surface area contributed by atoms with Crippen molar-refractivity contribution in [2.45, 2.75) is 50.6 Å². The molecule has 1 aliphatic carbocycles. The summed E-state index contributed by atoms with van der Waals surface area (Å²) in [7, 11) is -3.16. The second kappa shape index (κ2) is 8.38. The van der Waals surface area contributed by atoms with Gasteiger partial charge in [0.05, 0.1) is 11.5 Å². The zero-order valence-corrected chi connectivity index (χ0v) is 16.4. The molecule has 0 spiro atoms. The van der Waals surface area contributed by atoms with Crippen LogP contribution in [-0.4, -0.2) is 65.6 Å². The van der Waals surface area contributed by atoms with Crippen molar-refractivity contribution in [3.63, 3.8) is 0 Å². The molecule has 1 atom stereocenters. The molecule has 9 heteroatoms. The summed E-state index contributed by atoms with van der Waals surface area (Å²) in [5.41, 5.74) is -0.154. The number of carbonyl (C=O) groups is 2. The van der Waals surface area contributed by atoms with E-state index in [1.54, 1.807) is 4.90 Å². The first-order chi connectivity index (χ1) is 13.3. The monoisotopic (exact) mass is 411 g/mol. The van der Waals surface area contributed by atoms with Crippen molar-refractivity contribution in [1.29, 1.82) is 0 Å². The van der Waals surface area contributed by atoms with Crippen molar-refractivity contribution >= 4 is 21.7 Å². The molecule has 1 saturated heterocycles. The van der Waals surface area contributed by atoms with E-state index in [1.165, 1.54) is 12.1 Å². The van der Waals surface area contributed by atoms with Crippen molar-refractivity contribution in [2.24, 2.45) is 0 Å². The summed E-state index contributed by atoms with van der Waals surface area (Å²) >= 11 is 0. The summed E-state index contributed by atoms with van der Waals surface area (Å²) in [4.78, 5) is 26.7. The Labute approximate surface area is 164 Å². The summed E-state index contributed by atoms with van der Waals surface area (Å²) in [6, 6.07) is 3.02. The molecule has 2 N–H and O–H groups in total. The summed E-state index contributed by atoms with van der Waals surface area (Å²) in [5.74, 6) is -1.93.